The zero-order valence-electron chi connectivity index (χ0n) is 9.95. The Kier molecular flexibility index (Phi) is 3.06. The van der Waals surface area contributed by atoms with E-state index in [1.165, 1.54) is 17.0 Å². The molecule has 0 unspecified atom stereocenters. The summed E-state index contributed by atoms with van der Waals surface area (Å²) in [6, 6.07) is 4.45. The summed E-state index contributed by atoms with van der Waals surface area (Å²) in [7, 11) is 2.17. The van der Waals surface area contributed by atoms with Crippen molar-refractivity contribution in [3.8, 4) is 0 Å². The highest BCUT2D eigenvalue weighted by Crippen LogP contribution is 2.17. The van der Waals surface area contributed by atoms with Crippen LogP contribution in [-0.4, -0.2) is 23.5 Å². The van der Waals surface area contributed by atoms with E-state index in [1.807, 2.05) is 0 Å². The maximum absolute atomic E-state index is 4.76. The predicted octanol–water partition coefficient (Wildman–Crippen LogP) is 2.27. The molecular weight excluding hydrogens is 184 g/mol. The molecule has 0 spiro atoms. The minimum atomic E-state index is 0.696. The van der Waals surface area contributed by atoms with Crippen LogP contribution >= 0.6 is 0 Å². The number of rotatable bonds is 2. The lowest BCUT2D eigenvalue weighted by Crippen LogP contribution is -2.27. The van der Waals surface area contributed by atoms with Crippen molar-refractivity contribution in [2.45, 2.75) is 33.2 Å². The smallest absolute Gasteiger partial charge is 0.0464 e. The molecule has 0 fully saturated rings. The molecule has 2 heterocycles. The third kappa shape index (κ3) is 2.57. The second-order valence-electron chi connectivity index (χ2n) is 4.99. The summed E-state index contributed by atoms with van der Waals surface area (Å²) >= 11 is 0. The molecule has 0 atom stereocenters. The number of likely N-dealkylation sites (N-methyl/N-ethyl adjacent to an activating group) is 1. The van der Waals surface area contributed by atoms with Crippen molar-refractivity contribution < 1.29 is 0 Å². The Labute approximate surface area is 92.3 Å². The maximum atomic E-state index is 4.76. The fourth-order valence-corrected chi connectivity index (χ4v) is 2.13. The molecule has 15 heavy (non-hydrogen) atoms. The molecule has 1 aliphatic rings. The van der Waals surface area contributed by atoms with Crippen molar-refractivity contribution in [1.29, 1.82) is 0 Å². The summed E-state index contributed by atoms with van der Waals surface area (Å²) in [5.41, 5.74) is 4.00. The van der Waals surface area contributed by atoms with Crippen LogP contribution in [0.5, 0.6) is 0 Å². The summed E-state index contributed by atoms with van der Waals surface area (Å²) in [5.74, 6) is 0.696. The molecule has 2 nitrogen and oxygen atoms in total. The Balaban J connectivity index is 2.19. The molecule has 0 saturated carbocycles. The monoisotopic (exact) mass is 204 g/mol. The molecule has 0 aromatic carbocycles. The normalized spacial score (nSPS) is 16.8. The largest absolute Gasteiger partial charge is 0.302 e. The average Bonchev–Trinajstić information content (AvgIpc) is 2.17. The summed E-state index contributed by atoms with van der Waals surface area (Å²) < 4.78 is 0. The molecule has 2 rings (SSSR count). The SMILES string of the molecule is CC(C)Cc1ccc2c(n1)CCN(C)C2. The van der Waals surface area contributed by atoms with Crippen molar-refractivity contribution in [3.63, 3.8) is 0 Å². The summed E-state index contributed by atoms with van der Waals surface area (Å²) in [6.07, 6.45) is 2.21. The van der Waals surface area contributed by atoms with E-state index in [0.717, 1.165) is 25.9 Å². The quantitative estimate of drug-likeness (QED) is 0.734. The highest BCUT2D eigenvalue weighted by Gasteiger charge is 2.14. The zero-order chi connectivity index (χ0) is 10.8. The van der Waals surface area contributed by atoms with Crippen molar-refractivity contribution in [1.82, 2.24) is 9.88 Å². The van der Waals surface area contributed by atoms with Gasteiger partial charge >= 0.3 is 0 Å². The van der Waals surface area contributed by atoms with E-state index in [2.05, 4.69) is 37.9 Å². The van der Waals surface area contributed by atoms with E-state index < -0.39 is 0 Å². The van der Waals surface area contributed by atoms with Crippen LogP contribution in [0.4, 0.5) is 0 Å². The van der Waals surface area contributed by atoms with Crippen LogP contribution in [0.1, 0.15) is 30.8 Å². The molecular formula is C13H20N2. The van der Waals surface area contributed by atoms with Crippen molar-refractivity contribution >= 4 is 0 Å². The average molecular weight is 204 g/mol. The van der Waals surface area contributed by atoms with Crippen LogP contribution in [0.3, 0.4) is 0 Å². The Morgan fingerprint density at radius 2 is 2.20 bits per heavy atom. The number of aromatic nitrogens is 1. The Bertz CT molecular complexity index is 344. The lowest BCUT2D eigenvalue weighted by atomic mass is 10.0. The van der Waals surface area contributed by atoms with Crippen LogP contribution in [0, 0.1) is 5.92 Å². The van der Waals surface area contributed by atoms with E-state index in [1.54, 1.807) is 0 Å². The first-order valence-electron chi connectivity index (χ1n) is 5.81. The van der Waals surface area contributed by atoms with Gasteiger partial charge in [-0.1, -0.05) is 19.9 Å². The van der Waals surface area contributed by atoms with Gasteiger partial charge in [-0.2, -0.15) is 0 Å². The van der Waals surface area contributed by atoms with Crippen molar-refractivity contribution in [3.05, 3.63) is 29.1 Å². The van der Waals surface area contributed by atoms with Crippen LogP contribution < -0.4 is 0 Å². The maximum Gasteiger partial charge on any atom is 0.0464 e. The standard InChI is InChI=1S/C13H20N2/c1-10(2)8-12-5-4-11-9-15(3)7-6-13(11)14-12/h4-5,10H,6-9H2,1-3H3. The Morgan fingerprint density at radius 1 is 1.40 bits per heavy atom. The minimum Gasteiger partial charge on any atom is -0.302 e. The summed E-state index contributed by atoms with van der Waals surface area (Å²) in [5, 5.41) is 0. The van der Waals surface area contributed by atoms with Crippen LogP contribution in [0.2, 0.25) is 0 Å². The number of nitrogens with zero attached hydrogens (tertiary/aromatic N) is 2. The van der Waals surface area contributed by atoms with Gasteiger partial charge in [0.05, 0.1) is 0 Å². The zero-order valence-corrected chi connectivity index (χ0v) is 9.95. The number of pyridine rings is 1. The van der Waals surface area contributed by atoms with E-state index in [4.69, 9.17) is 4.98 Å². The van der Waals surface area contributed by atoms with E-state index in [9.17, 15) is 0 Å². The van der Waals surface area contributed by atoms with E-state index in [0.29, 0.717) is 5.92 Å². The highest BCUT2D eigenvalue weighted by molar-refractivity contribution is 5.25. The first-order valence-corrected chi connectivity index (χ1v) is 5.81. The topological polar surface area (TPSA) is 16.1 Å². The van der Waals surface area contributed by atoms with Gasteiger partial charge in [-0.3, -0.25) is 4.98 Å². The lowest BCUT2D eigenvalue weighted by molar-refractivity contribution is 0.309. The molecule has 0 N–H and O–H groups in total. The number of hydrogen-bond acceptors (Lipinski definition) is 2. The third-order valence-corrected chi connectivity index (χ3v) is 2.91. The molecule has 1 aromatic rings. The first-order chi connectivity index (χ1) is 7.15. The van der Waals surface area contributed by atoms with Crippen LogP contribution in [-0.2, 0) is 19.4 Å². The molecule has 1 aromatic heterocycles. The fourth-order valence-electron chi connectivity index (χ4n) is 2.13. The molecule has 0 radical (unpaired) electrons. The fraction of sp³-hybridized carbons (Fsp3) is 0.615. The number of hydrogen-bond donors (Lipinski definition) is 0. The molecule has 0 aliphatic carbocycles. The minimum absolute atomic E-state index is 0.696. The van der Waals surface area contributed by atoms with Gasteiger partial charge in [0, 0.05) is 30.9 Å². The molecule has 1 aliphatic heterocycles. The second kappa shape index (κ2) is 4.31. The number of fused-ring (bicyclic) bond motifs is 1. The van der Waals surface area contributed by atoms with Gasteiger partial charge in [-0.05, 0) is 31.0 Å². The van der Waals surface area contributed by atoms with Gasteiger partial charge in [0.2, 0.25) is 0 Å². The van der Waals surface area contributed by atoms with Crippen LogP contribution in [0.15, 0.2) is 12.1 Å². The van der Waals surface area contributed by atoms with Gasteiger partial charge in [-0.15, -0.1) is 0 Å². The van der Waals surface area contributed by atoms with Crippen molar-refractivity contribution in [2.75, 3.05) is 13.6 Å². The van der Waals surface area contributed by atoms with Crippen molar-refractivity contribution in [2.24, 2.45) is 5.92 Å². The van der Waals surface area contributed by atoms with E-state index in [-0.39, 0.29) is 0 Å². The van der Waals surface area contributed by atoms with Gasteiger partial charge in [0.15, 0.2) is 0 Å². The Morgan fingerprint density at radius 3 is 2.93 bits per heavy atom. The molecule has 0 amide bonds. The Hall–Kier alpha value is -0.890. The molecule has 0 bridgehead atoms. The highest BCUT2D eigenvalue weighted by atomic mass is 15.1. The second-order valence-corrected chi connectivity index (χ2v) is 4.99. The summed E-state index contributed by atoms with van der Waals surface area (Å²) in [4.78, 5) is 7.11. The first kappa shape index (κ1) is 10.6. The van der Waals surface area contributed by atoms with Crippen LogP contribution in [0.25, 0.3) is 0 Å². The molecule has 82 valence electrons. The lowest BCUT2D eigenvalue weighted by Gasteiger charge is -2.24. The predicted molar refractivity (Wildman–Crippen MR) is 62.8 cm³/mol. The van der Waals surface area contributed by atoms with Gasteiger partial charge in [-0.25, -0.2) is 0 Å². The van der Waals surface area contributed by atoms with Gasteiger partial charge < -0.3 is 4.90 Å². The molecule has 2 heteroatoms. The molecule has 0 saturated heterocycles. The van der Waals surface area contributed by atoms with Gasteiger partial charge in [0.1, 0.15) is 0 Å². The van der Waals surface area contributed by atoms with E-state index >= 15 is 0 Å². The van der Waals surface area contributed by atoms with Gasteiger partial charge in [0.25, 0.3) is 0 Å². The summed E-state index contributed by atoms with van der Waals surface area (Å²) in [6.45, 7) is 6.69. The third-order valence-electron chi connectivity index (χ3n) is 2.91.